The molecule has 0 spiro atoms. The molecule has 0 aromatic carbocycles. The number of hydrogen-bond acceptors (Lipinski definition) is 2. The third kappa shape index (κ3) is 3.05. The highest BCUT2D eigenvalue weighted by Gasteiger charge is 2.39. The minimum absolute atomic E-state index is 0.0224. The molecular weight excluding hydrogens is 212 g/mol. The van der Waals surface area contributed by atoms with E-state index in [1.807, 2.05) is 6.92 Å². The van der Waals surface area contributed by atoms with Crippen LogP contribution in [0.3, 0.4) is 0 Å². The quantitative estimate of drug-likeness (QED) is 0.522. The average Bonchev–Trinajstić information content (AvgIpc) is 2.56. The average molecular weight is 236 g/mol. The van der Waals surface area contributed by atoms with Gasteiger partial charge in [0.05, 0.1) is 0 Å². The molecule has 0 bridgehead atoms. The van der Waals surface area contributed by atoms with E-state index in [9.17, 15) is 9.59 Å². The zero-order valence-corrected chi connectivity index (χ0v) is 11.5. The minimum atomic E-state index is 0.0224. The standard InChI is InChI=1S/C15H24O2/c1-5-13(17)8-7-12(10-16)14-9-6-11(2)15(14,3)4/h6,10,12,14H,5,7-9H2,1-4H3/t12?,14-/m1/s1. The van der Waals surface area contributed by atoms with Gasteiger partial charge in [-0.15, -0.1) is 0 Å². The summed E-state index contributed by atoms with van der Waals surface area (Å²) in [5.74, 6) is 0.649. The largest absolute Gasteiger partial charge is 0.303 e. The molecule has 0 radical (unpaired) electrons. The number of hydrogen-bond donors (Lipinski definition) is 0. The molecule has 1 aliphatic carbocycles. The lowest BCUT2D eigenvalue weighted by Crippen LogP contribution is -2.29. The molecule has 17 heavy (non-hydrogen) atoms. The van der Waals surface area contributed by atoms with Crippen molar-refractivity contribution in [3.63, 3.8) is 0 Å². The summed E-state index contributed by atoms with van der Waals surface area (Å²) in [6.45, 7) is 8.42. The summed E-state index contributed by atoms with van der Waals surface area (Å²) >= 11 is 0. The van der Waals surface area contributed by atoms with Gasteiger partial charge in [-0.1, -0.05) is 32.4 Å². The summed E-state index contributed by atoms with van der Waals surface area (Å²) in [5.41, 5.74) is 1.47. The summed E-state index contributed by atoms with van der Waals surface area (Å²) in [6.07, 6.45) is 6.11. The van der Waals surface area contributed by atoms with Gasteiger partial charge >= 0.3 is 0 Å². The summed E-state index contributed by atoms with van der Waals surface area (Å²) in [7, 11) is 0. The van der Waals surface area contributed by atoms with E-state index in [1.54, 1.807) is 0 Å². The van der Waals surface area contributed by atoms with Gasteiger partial charge in [-0.05, 0) is 31.1 Å². The Balaban J connectivity index is 2.64. The zero-order valence-electron chi connectivity index (χ0n) is 11.5. The first kappa shape index (κ1) is 14.1. The number of Topliss-reactive ketones (excluding diaryl/α,β-unsaturated/α-hetero) is 1. The van der Waals surface area contributed by atoms with Crippen LogP contribution in [0.4, 0.5) is 0 Å². The first-order chi connectivity index (χ1) is 7.93. The Bertz CT molecular complexity index is 326. The third-order valence-corrected chi connectivity index (χ3v) is 4.46. The number of carbonyl (C=O) groups is 2. The fourth-order valence-corrected chi connectivity index (χ4v) is 2.73. The van der Waals surface area contributed by atoms with Gasteiger partial charge in [0.25, 0.3) is 0 Å². The predicted octanol–water partition coefficient (Wildman–Crippen LogP) is 3.55. The maximum atomic E-state index is 11.3. The first-order valence-electron chi connectivity index (χ1n) is 6.57. The lowest BCUT2D eigenvalue weighted by atomic mass is 9.70. The van der Waals surface area contributed by atoms with E-state index in [0.717, 1.165) is 12.7 Å². The lowest BCUT2D eigenvalue weighted by molar-refractivity contribution is -0.119. The van der Waals surface area contributed by atoms with E-state index in [4.69, 9.17) is 0 Å². The lowest BCUT2D eigenvalue weighted by Gasteiger charge is -2.33. The van der Waals surface area contributed by atoms with E-state index in [-0.39, 0.29) is 17.1 Å². The summed E-state index contributed by atoms with van der Waals surface area (Å²) in [5, 5.41) is 0. The van der Waals surface area contributed by atoms with E-state index >= 15 is 0 Å². The van der Waals surface area contributed by atoms with E-state index in [2.05, 4.69) is 26.8 Å². The van der Waals surface area contributed by atoms with Crippen LogP contribution in [0.2, 0.25) is 0 Å². The van der Waals surface area contributed by atoms with Crippen molar-refractivity contribution in [1.82, 2.24) is 0 Å². The number of aldehydes is 1. The fraction of sp³-hybridized carbons (Fsp3) is 0.733. The van der Waals surface area contributed by atoms with Crippen molar-refractivity contribution in [3.05, 3.63) is 11.6 Å². The third-order valence-electron chi connectivity index (χ3n) is 4.46. The highest BCUT2D eigenvalue weighted by Crippen LogP contribution is 2.47. The molecule has 0 aliphatic heterocycles. The molecule has 0 aromatic heterocycles. The van der Waals surface area contributed by atoms with Crippen molar-refractivity contribution in [2.24, 2.45) is 17.3 Å². The highest BCUT2D eigenvalue weighted by atomic mass is 16.1. The molecule has 2 heteroatoms. The molecule has 96 valence electrons. The van der Waals surface area contributed by atoms with Crippen LogP contribution in [0.5, 0.6) is 0 Å². The Morgan fingerprint density at radius 2 is 2.24 bits per heavy atom. The molecule has 0 fully saturated rings. The Kier molecular flexibility index (Phi) is 4.67. The van der Waals surface area contributed by atoms with Crippen LogP contribution < -0.4 is 0 Å². The Labute approximate surface area is 104 Å². The van der Waals surface area contributed by atoms with Gasteiger partial charge in [-0.2, -0.15) is 0 Å². The minimum Gasteiger partial charge on any atom is -0.303 e. The van der Waals surface area contributed by atoms with Crippen LogP contribution in [0.15, 0.2) is 11.6 Å². The Hall–Kier alpha value is -0.920. The number of ketones is 1. The van der Waals surface area contributed by atoms with Crippen LogP contribution in [0.1, 0.15) is 53.4 Å². The molecular formula is C15H24O2. The normalized spacial score (nSPS) is 24.2. The number of rotatable bonds is 6. The summed E-state index contributed by atoms with van der Waals surface area (Å²) < 4.78 is 0. The van der Waals surface area contributed by atoms with Crippen molar-refractivity contribution >= 4 is 12.1 Å². The van der Waals surface area contributed by atoms with Crippen LogP contribution in [-0.4, -0.2) is 12.1 Å². The molecule has 0 amide bonds. The van der Waals surface area contributed by atoms with Gasteiger partial charge in [0.15, 0.2) is 0 Å². The number of carbonyl (C=O) groups excluding carboxylic acids is 2. The SMILES string of the molecule is CCC(=O)CCC(C=O)[C@H]1CC=C(C)C1(C)C. The molecule has 0 heterocycles. The Morgan fingerprint density at radius 3 is 2.65 bits per heavy atom. The molecule has 0 aromatic rings. The second-order valence-corrected chi connectivity index (χ2v) is 5.68. The summed E-state index contributed by atoms with van der Waals surface area (Å²) in [4.78, 5) is 22.6. The van der Waals surface area contributed by atoms with Gasteiger partial charge in [0.2, 0.25) is 0 Å². The molecule has 2 atom stereocenters. The highest BCUT2D eigenvalue weighted by molar-refractivity contribution is 5.78. The molecule has 0 saturated heterocycles. The maximum Gasteiger partial charge on any atom is 0.132 e. The van der Waals surface area contributed by atoms with Gasteiger partial charge in [0, 0.05) is 18.8 Å². The predicted molar refractivity (Wildman–Crippen MR) is 69.7 cm³/mol. The molecule has 1 unspecified atom stereocenters. The number of allylic oxidation sites excluding steroid dienone is 2. The van der Waals surface area contributed by atoms with Crippen LogP contribution in [-0.2, 0) is 9.59 Å². The second kappa shape index (κ2) is 5.61. The van der Waals surface area contributed by atoms with Crippen molar-refractivity contribution in [2.75, 3.05) is 0 Å². The van der Waals surface area contributed by atoms with Crippen LogP contribution in [0, 0.1) is 17.3 Å². The second-order valence-electron chi connectivity index (χ2n) is 5.68. The van der Waals surface area contributed by atoms with Crippen LogP contribution in [0.25, 0.3) is 0 Å². The zero-order chi connectivity index (χ0) is 13.1. The molecule has 0 N–H and O–H groups in total. The van der Waals surface area contributed by atoms with Gasteiger partial charge in [-0.3, -0.25) is 4.79 Å². The topological polar surface area (TPSA) is 34.1 Å². The monoisotopic (exact) mass is 236 g/mol. The van der Waals surface area contributed by atoms with Crippen LogP contribution >= 0.6 is 0 Å². The van der Waals surface area contributed by atoms with E-state index in [0.29, 0.717) is 25.2 Å². The van der Waals surface area contributed by atoms with E-state index in [1.165, 1.54) is 5.57 Å². The molecule has 2 nitrogen and oxygen atoms in total. The Morgan fingerprint density at radius 1 is 1.59 bits per heavy atom. The molecule has 1 aliphatic rings. The summed E-state index contributed by atoms with van der Waals surface area (Å²) in [6, 6.07) is 0. The van der Waals surface area contributed by atoms with Gasteiger partial charge < -0.3 is 4.79 Å². The van der Waals surface area contributed by atoms with Crippen molar-refractivity contribution in [1.29, 1.82) is 0 Å². The maximum absolute atomic E-state index is 11.3. The van der Waals surface area contributed by atoms with Crippen molar-refractivity contribution in [3.8, 4) is 0 Å². The smallest absolute Gasteiger partial charge is 0.132 e. The molecule has 1 rings (SSSR count). The first-order valence-corrected chi connectivity index (χ1v) is 6.57. The van der Waals surface area contributed by atoms with Gasteiger partial charge in [0.1, 0.15) is 12.1 Å². The van der Waals surface area contributed by atoms with Gasteiger partial charge in [-0.25, -0.2) is 0 Å². The molecule has 0 saturated carbocycles. The fourth-order valence-electron chi connectivity index (χ4n) is 2.73. The van der Waals surface area contributed by atoms with E-state index < -0.39 is 0 Å². The van der Waals surface area contributed by atoms with Crippen molar-refractivity contribution < 1.29 is 9.59 Å². The van der Waals surface area contributed by atoms with Crippen molar-refractivity contribution in [2.45, 2.75) is 53.4 Å².